The van der Waals surface area contributed by atoms with Crippen LogP contribution in [0.5, 0.6) is 0 Å². The van der Waals surface area contributed by atoms with E-state index in [0.717, 1.165) is 47.9 Å². The fourth-order valence-electron chi connectivity index (χ4n) is 3.17. The van der Waals surface area contributed by atoms with Crippen molar-refractivity contribution in [2.45, 2.75) is 26.5 Å². The first-order valence-electron chi connectivity index (χ1n) is 8.11. The van der Waals surface area contributed by atoms with Gasteiger partial charge in [-0.2, -0.15) is 5.10 Å². The van der Waals surface area contributed by atoms with E-state index in [1.54, 1.807) is 18.6 Å². The summed E-state index contributed by atoms with van der Waals surface area (Å²) in [5.74, 6) is 0. The highest BCUT2D eigenvalue weighted by Crippen LogP contribution is 2.22. The zero-order valence-corrected chi connectivity index (χ0v) is 13.9. The van der Waals surface area contributed by atoms with Crippen molar-refractivity contribution in [2.75, 3.05) is 19.7 Å². The number of hydrogen-bond acceptors (Lipinski definition) is 6. The number of nitrogens with zero attached hydrogens (tertiary/aromatic N) is 6. The number of aromatic nitrogens is 5. The minimum Gasteiger partial charge on any atom is -0.369 e. The molecule has 1 aliphatic heterocycles. The van der Waals surface area contributed by atoms with E-state index < -0.39 is 0 Å². The Bertz CT molecular complexity index is 847. The van der Waals surface area contributed by atoms with E-state index in [4.69, 9.17) is 4.74 Å². The molecule has 0 radical (unpaired) electrons. The number of aryl methyl sites for hydroxylation is 2. The van der Waals surface area contributed by atoms with Gasteiger partial charge in [-0.1, -0.05) is 0 Å². The Morgan fingerprint density at radius 3 is 3.00 bits per heavy atom. The summed E-state index contributed by atoms with van der Waals surface area (Å²) in [5.41, 5.74) is 5.08. The van der Waals surface area contributed by atoms with E-state index in [2.05, 4.69) is 31.9 Å². The number of hydrogen-bond donors (Lipinski definition) is 0. The first-order valence-corrected chi connectivity index (χ1v) is 8.11. The van der Waals surface area contributed by atoms with Crippen LogP contribution in [0.1, 0.15) is 28.7 Å². The Morgan fingerprint density at radius 2 is 2.17 bits per heavy atom. The summed E-state index contributed by atoms with van der Waals surface area (Å²) in [5, 5.41) is 4.48. The predicted octanol–water partition coefficient (Wildman–Crippen LogP) is 1.71. The average Bonchev–Trinajstić information content (AvgIpc) is 2.99. The zero-order valence-electron chi connectivity index (χ0n) is 13.9. The van der Waals surface area contributed by atoms with Gasteiger partial charge in [0, 0.05) is 49.0 Å². The maximum Gasteiger partial charge on any atom is 0.159 e. The number of ether oxygens (including phenoxy) is 1. The van der Waals surface area contributed by atoms with Crippen molar-refractivity contribution in [3.05, 3.63) is 53.5 Å². The standard InChI is InChI=1S/C17H20N6O/c1-12-7-13(2)23-17(21-12)14(8-20-23)10-22-5-6-24-16(11-22)15-9-18-3-4-19-15/h3-4,7-9,16H,5-6,10-11H2,1-2H3. The second-order valence-corrected chi connectivity index (χ2v) is 6.17. The van der Waals surface area contributed by atoms with Crippen LogP contribution in [0, 0.1) is 13.8 Å². The summed E-state index contributed by atoms with van der Waals surface area (Å²) in [6.45, 7) is 7.24. The first kappa shape index (κ1) is 15.2. The minimum absolute atomic E-state index is 0.0364. The molecule has 24 heavy (non-hydrogen) atoms. The lowest BCUT2D eigenvalue weighted by Crippen LogP contribution is -2.38. The fraction of sp³-hybridized carbons (Fsp3) is 0.412. The van der Waals surface area contributed by atoms with Crippen LogP contribution < -0.4 is 0 Å². The molecule has 1 unspecified atom stereocenters. The summed E-state index contributed by atoms with van der Waals surface area (Å²) in [7, 11) is 0. The first-order chi connectivity index (χ1) is 11.7. The highest BCUT2D eigenvalue weighted by atomic mass is 16.5. The molecule has 0 spiro atoms. The van der Waals surface area contributed by atoms with Gasteiger partial charge in [0.2, 0.25) is 0 Å². The molecule has 1 saturated heterocycles. The smallest absolute Gasteiger partial charge is 0.159 e. The quantitative estimate of drug-likeness (QED) is 0.730. The predicted molar refractivity (Wildman–Crippen MR) is 88.5 cm³/mol. The molecule has 7 nitrogen and oxygen atoms in total. The Kier molecular flexibility index (Phi) is 3.95. The topological polar surface area (TPSA) is 68.4 Å². The lowest BCUT2D eigenvalue weighted by Gasteiger charge is -2.32. The van der Waals surface area contributed by atoms with Crippen molar-refractivity contribution in [1.29, 1.82) is 0 Å². The van der Waals surface area contributed by atoms with Crippen molar-refractivity contribution in [3.63, 3.8) is 0 Å². The molecule has 0 bridgehead atoms. The maximum absolute atomic E-state index is 5.86. The number of morpholine rings is 1. The normalized spacial score (nSPS) is 19.0. The van der Waals surface area contributed by atoms with Crippen LogP contribution in [0.4, 0.5) is 0 Å². The summed E-state index contributed by atoms with van der Waals surface area (Å²) in [4.78, 5) is 15.5. The SMILES string of the molecule is Cc1cc(C)n2ncc(CN3CCOC(c4cnccn4)C3)c2n1. The van der Waals surface area contributed by atoms with Crippen LogP contribution in [-0.2, 0) is 11.3 Å². The van der Waals surface area contributed by atoms with Crippen LogP contribution in [0.15, 0.2) is 30.9 Å². The average molecular weight is 324 g/mol. The van der Waals surface area contributed by atoms with Crippen molar-refractivity contribution in [3.8, 4) is 0 Å². The lowest BCUT2D eigenvalue weighted by atomic mass is 10.2. The molecule has 0 aliphatic carbocycles. The van der Waals surface area contributed by atoms with Crippen LogP contribution in [0.3, 0.4) is 0 Å². The minimum atomic E-state index is -0.0364. The zero-order chi connectivity index (χ0) is 16.5. The van der Waals surface area contributed by atoms with Crippen molar-refractivity contribution < 1.29 is 4.74 Å². The Hall–Kier alpha value is -2.38. The molecule has 4 heterocycles. The Balaban J connectivity index is 1.55. The molecular weight excluding hydrogens is 304 g/mol. The van der Waals surface area contributed by atoms with Gasteiger partial charge in [0.15, 0.2) is 5.65 Å². The fourth-order valence-corrected chi connectivity index (χ4v) is 3.17. The molecular formula is C17H20N6O. The van der Waals surface area contributed by atoms with Crippen LogP contribution in [-0.4, -0.2) is 49.2 Å². The van der Waals surface area contributed by atoms with E-state index in [0.29, 0.717) is 6.61 Å². The highest BCUT2D eigenvalue weighted by Gasteiger charge is 2.24. The van der Waals surface area contributed by atoms with E-state index in [-0.39, 0.29) is 6.10 Å². The van der Waals surface area contributed by atoms with E-state index in [9.17, 15) is 0 Å². The molecule has 0 aromatic carbocycles. The molecule has 3 aromatic rings. The van der Waals surface area contributed by atoms with Crippen molar-refractivity contribution in [2.24, 2.45) is 0 Å². The highest BCUT2D eigenvalue weighted by molar-refractivity contribution is 5.47. The largest absolute Gasteiger partial charge is 0.369 e. The van der Waals surface area contributed by atoms with Gasteiger partial charge in [-0.15, -0.1) is 0 Å². The lowest BCUT2D eigenvalue weighted by molar-refractivity contribution is -0.0350. The van der Waals surface area contributed by atoms with Gasteiger partial charge in [0.25, 0.3) is 0 Å². The summed E-state index contributed by atoms with van der Waals surface area (Å²) >= 11 is 0. The van der Waals surface area contributed by atoms with Crippen LogP contribution in [0.25, 0.3) is 5.65 Å². The van der Waals surface area contributed by atoms with Gasteiger partial charge >= 0.3 is 0 Å². The molecule has 3 aromatic heterocycles. The maximum atomic E-state index is 5.86. The van der Waals surface area contributed by atoms with Crippen molar-refractivity contribution >= 4 is 5.65 Å². The van der Waals surface area contributed by atoms with E-state index >= 15 is 0 Å². The third-order valence-corrected chi connectivity index (χ3v) is 4.31. The van der Waals surface area contributed by atoms with Gasteiger partial charge in [-0.25, -0.2) is 9.50 Å². The van der Waals surface area contributed by atoms with Gasteiger partial charge in [-0.3, -0.25) is 14.9 Å². The molecule has 0 amide bonds. The van der Waals surface area contributed by atoms with Crippen LogP contribution in [0.2, 0.25) is 0 Å². The van der Waals surface area contributed by atoms with Gasteiger partial charge in [0.05, 0.1) is 24.7 Å². The molecule has 1 atom stereocenters. The monoisotopic (exact) mass is 324 g/mol. The molecule has 0 N–H and O–H groups in total. The third-order valence-electron chi connectivity index (χ3n) is 4.31. The Labute approximate surface area is 140 Å². The second-order valence-electron chi connectivity index (χ2n) is 6.17. The summed E-state index contributed by atoms with van der Waals surface area (Å²) in [6.07, 6.45) is 7.04. The molecule has 4 rings (SSSR count). The number of rotatable bonds is 3. The summed E-state index contributed by atoms with van der Waals surface area (Å²) < 4.78 is 7.76. The molecule has 124 valence electrons. The molecule has 7 heteroatoms. The van der Waals surface area contributed by atoms with E-state index in [1.807, 2.05) is 23.7 Å². The molecule has 1 fully saturated rings. The number of fused-ring (bicyclic) bond motifs is 1. The van der Waals surface area contributed by atoms with Crippen LogP contribution >= 0.6 is 0 Å². The Morgan fingerprint density at radius 1 is 1.25 bits per heavy atom. The second kappa shape index (κ2) is 6.26. The van der Waals surface area contributed by atoms with E-state index in [1.165, 1.54) is 0 Å². The molecule has 0 saturated carbocycles. The molecule has 1 aliphatic rings. The van der Waals surface area contributed by atoms with Gasteiger partial charge < -0.3 is 4.74 Å². The van der Waals surface area contributed by atoms with Crippen molar-refractivity contribution in [1.82, 2.24) is 29.5 Å². The summed E-state index contributed by atoms with van der Waals surface area (Å²) in [6, 6.07) is 2.04. The third kappa shape index (κ3) is 2.88. The van der Waals surface area contributed by atoms with Gasteiger partial charge in [-0.05, 0) is 19.9 Å². The van der Waals surface area contributed by atoms with Gasteiger partial charge in [0.1, 0.15) is 6.10 Å².